The first kappa shape index (κ1) is 23.6. The van der Waals surface area contributed by atoms with Crippen molar-refractivity contribution >= 4 is 35.1 Å². The fourth-order valence-corrected chi connectivity index (χ4v) is 4.00. The number of hydrogen-bond acceptors (Lipinski definition) is 5. The van der Waals surface area contributed by atoms with Gasteiger partial charge in [-0.25, -0.2) is 4.99 Å². The molecule has 1 amide bonds. The van der Waals surface area contributed by atoms with Crippen LogP contribution < -0.4 is 21.7 Å². The molecule has 0 bridgehead atoms. The maximum absolute atomic E-state index is 12.5. The van der Waals surface area contributed by atoms with E-state index >= 15 is 0 Å². The highest BCUT2D eigenvalue weighted by molar-refractivity contribution is 6.33. The molecule has 1 saturated heterocycles. The van der Waals surface area contributed by atoms with Gasteiger partial charge >= 0.3 is 5.97 Å². The number of aliphatic carboxylic acids is 1. The summed E-state index contributed by atoms with van der Waals surface area (Å²) in [7, 11) is 0. The van der Waals surface area contributed by atoms with Gasteiger partial charge in [-0.3, -0.25) is 14.9 Å². The van der Waals surface area contributed by atoms with Crippen LogP contribution in [0, 0.1) is 0 Å². The maximum Gasteiger partial charge on any atom is 0.320 e. The zero-order chi connectivity index (χ0) is 23.1. The maximum atomic E-state index is 12.5. The molecule has 1 aliphatic rings. The SMILES string of the molecule is NC(=NCc1cccc(Cl)c1N1CCCCC1)NC(=O)c1ccc(C[C@H](N)C(=O)O)cc1. The summed E-state index contributed by atoms with van der Waals surface area (Å²) in [5, 5.41) is 12.2. The molecule has 8 nitrogen and oxygen atoms in total. The minimum atomic E-state index is -1.07. The molecular weight excluding hydrogens is 430 g/mol. The standard InChI is InChI=1S/C23H28ClN5O3/c24-18-6-4-5-17(20(18)29-11-2-1-3-12-29)14-27-23(26)28-21(30)16-9-7-15(8-10-16)13-19(25)22(31)32/h4-10,19H,1-3,11-14,25H2,(H,31,32)(H3,26,27,28,30)/t19-/m0/s1. The van der Waals surface area contributed by atoms with Crippen molar-refractivity contribution in [2.75, 3.05) is 18.0 Å². The number of piperidine rings is 1. The molecule has 2 aromatic carbocycles. The smallest absolute Gasteiger partial charge is 0.320 e. The number of guanidine groups is 1. The Morgan fingerprint density at radius 1 is 1.12 bits per heavy atom. The molecule has 0 spiro atoms. The lowest BCUT2D eigenvalue weighted by molar-refractivity contribution is -0.138. The lowest BCUT2D eigenvalue weighted by atomic mass is 10.0. The van der Waals surface area contributed by atoms with Crippen molar-refractivity contribution in [2.45, 2.75) is 38.3 Å². The third-order valence-corrected chi connectivity index (χ3v) is 5.70. The van der Waals surface area contributed by atoms with Crippen LogP contribution in [-0.4, -0.2) is 42.1 Å². The average molecular weight is 458 g/mol. The average Bonchev–Trinajstić information content (AvgIpc) is 2.78. The van der Waals surface area contributed by atoms with Crippen LogP contribution in [0.1, 0.15) is 40.7 Å². The summed E-state index contributed by atoms with van der Waals surface area (Å²) >= 11 is 6.47. The molecule has 0 unspecified atom stereocenters. The minimum Gasteiger partial charge on any atom is -0.480 e. The van der Waals surface area contributed by atoms with Gasteiger partial charge in [0.2, 0.25) is 0 Å². The number of nitrogens with zero attached hydrogens (tertiary/aromatic N) is 2. The highest BCUT2D eigenvalue weighted by Gasteiger charge is 2.17. The van der Waals surface area contributed by atoms with Gasteiger partial charge in [0.25, 0.3) is 5.91 Å². The molecule has 32 heavy (non-hydrogen) atoms. The van der Waals surface area contributed by atoms with Crippen LogP contribution in [0.3, 0.4) is 0 Å². The molecule has 3 rings (SSSR count). The Kier molecular flexibility index (Phi) is 8.08. The Morgan fingerprint density at radius 2 is 1.81 bits per heavy atom. The van der Waals surface area contributed by atoms with Gasteiger partial charge in [-0.15, -0.1) is 0 Å². The molecule has 0 aliphatic carbocycles. The third-order valence-electron chi connectivity index (χ3n) is 5.39. The molecule has 9 heteroatoms. The van der Waals surface area contributed by atoms with Crippen LogP contribution in [0.15, 0.2) is 47.5 Å². The fraction of sp³-hybridized carbons (Fsp3) is 0.348. The summed E-state index contributed by atoms with van der Waals surface area (Å²) < 4.78 is 0. The summed E-state index contributed by atoms with van der Waals surface area (Å²) in [6.07, 6.45) is 3.67. The molecule has 6 N–H and O–H groups in total. The van der Waals surface area contributed by atoms with E-state index in [1.807, 2.05) is 18.2 Å². The van der Waals surface area contributed by atoms with Crippen molar-refractivity contribution in [3.8, 4) is 0 Å². The van der Waals surface area contributed by atoms with E-state index in [0.717, 1.165) is 42.7 Å². The van der Waals surface area contributed by atoms with Crippen molar-refractivity contribution in [2.24, 2.45) is 16.5 Å². The molecule has 0 radical (unpaired) electrons. The topological polar surface area (TPSA) is 134 Å². The van der Waals surface area contributed by atoms with Gasteiger partial charge < -0.3 is 21.5 Å². The number of aliphatic imine (C=N–C) groups is 1. The van der Waals surface area contributed by atoms with Gasteiger partial charge in [-0.1, -0.05) is 35.9 Å². The number of hydrogen-bond donors (Lipinski definition) is 4. The number of carbonyl (C=O) groups is 2. The Balaban J connectivity index is 1.63. The number of halogens is 1. The number of nitrogens with two attached hydrogens (primary N) is 2. The molecule has 0 saturated carbocycles. The lowest BCUT2D eigenvalue weighted by Gasteiger charge is -2.31. The zero-order valence-electron chi connectivity index (χ0n) is 17.8. The van der Waals surface area contributed by atoms with Crippen LogP contribution in [-0.2, 0) is 17.8 Å². The summed E-state index contributed by atoms with van der Waals surface area (Å²) in [5.74, 6) is -1.46. The highest BCUT2D eigenvalue weighted by Crippen LogP contribution is 2.32. The first-order valence-electron chi connectivity index (χ1n) is 10.6. The number of anilines is 1. The summed E-state index contributed by atoms with van der Waals surface area (Å²) in [6.45, 7) is 2.21. The number of para-hydroxylation sites is 1. The van der Waals surface area contributed by atoms with Crippen LogP contribution in [0.4, 0.5) is 5.69 Å². The van der Waals surface area contributed by atoms with Gasteiger partial charge in [-0.05, 0) is 55.0 Å². The van der Waals surface area contributed by atoms with Gasteiger partial charge in [0.15, 0.2) is 5.96 Å². The monoisotopic (exact) mass is 457 g/mol. The van der Waals surface area contributed by atoms with Crippen molar-refractivity contribution in [1.82, 2.24) is 5.32 Å². The Labute approximate surface area is 192 Å². The van der Waals surface area contributed by atoms with E-state index in [4.69, 9.17) is 28.2 Å². The molecule has 1 aliphatic heterocycles. The molecule has 2 aromatic rings. The van der Waals surface area contributed by atoms with Gasteiger partial charge in [-0.2, -0.15) is 0 Å². The first-order valence-corrected chi connectivity index (χ1v) is 10.9. The first-order chi connectivity index (χ1) is 15.3. The van der Waals surface area contributed by atoms with Crippen LogP contribution >= 0.6 is 11.6 Å². The van der Waals surface area contributed by atoms with Crippen LogP contribution in [0.5, 0.6) is 0 Å². The molecule has 1 atom stereocenters. The molecule has 1 heterocycles. The second kappa shape index (κ2) is 11.0. The normalized spacial score (nSPS) is 15.3. The molecular formula is C23H28ClN5O3. The summed E-state index contributed by atoms with van der Waals surface area (Å²) in [4.78, 5) is 29.9. The fourth-order valence-electron chi connectivity index (χ4n) is 3.69. The van der Waals surface area contributed by atoms with Gasteiger partial charge in [0.05, 0.1) is 17.3 Å². The van der Waals surface area contributed by atoms with E-state index < -0.39 is 17.9 Å². The van der Waals surface area contributed by atoms with Crippen molar-refractivity contribution < 1.29 is 14.7 Å². The second-order valence-electron chi connectivity index (χ2n) is 7.80. The minimum absolute atomic E-state index is 0.0107. The van der Waals surface area contributed by atoms with Crippen molar-refractivity contribution in [3.63, 3.8) is 0 Å². The van der Waals surface area contributed by atoms with Crippen molar-refractivity contribution in [3.05, 3.63) is 64.2 Å². The predicted octanol–water partition coefficient (Wildman–Crippen LogP) is 2.53. The number of carboxylic acid groups (broad SMARTS) is 1. The third kappa shape index (κ3) is 6.21. The predicted molar refractivity (Wildman–Crippen MR) is 126 cm³/mol. The molecule has 170 valence electrons. The number of rotatable bonds is 7. The van der Waals surface area contributed by atoms with Crippen LogP contribution in [0.25, 0.3) is 0 Å². The highest BCUT2D eigenvalue weighted by atomic mass is 35.5. The molecule has 0 aromatic heterocycles. The zero-order valence-corrected chi connectivity index (χ0v) is 18.5. The van der Waals surface area contributed by atoms with E-state index in [0.29, 0.717) is 17.1 Å². The van der Waals surface area contributed by atoms with Crippen LogP contribution in [0.2, 0.25) is 5.02 Å². The number of carbonyl (C=O) groups excluding carboxylic acids is 1. The summed E-state index contributed by atoms with van der Waals surface area (Å²) in [5.41, 5.74) is 14.5. The summed E-state index contributed by atoms with van der Waals surface area (Å²) in [6, 6.07) is 11.3. The van der Waals surface area contributed by atoms with Crippen molar-refractivity contribution in [1.29, 1.82) is 0 Å². The lowest BCUT2D eigenvalue weighted by Crippen LogP contribution is -2.37. The van der Waals surface area contributed by atoms with E-state index in [1.165, 1.54) is 6.42 Å². The Hall–Kier alpha value is -3.10. The quantitative estimate of drug-likeness (QED) is 0.373. The largest absolute Gasteiger partial charge is 0.480 e. The number of carboxylic acids is 1. The van der Waals surface area contributed by atoms with E-state index in [1.54, 1.807) is 24.3 Å². The van der Waals surface area contributed by atoms with Gasteiger partial charge in [0.1, 0.15) is 6.04 Å². The molecule has 1 fully saturated rings. The Morgan fingerprint density at radius 3 is 2.47 bits per heavy atom. The van der Waals surface area contributed by atoms with E-state index in [2.05, 4.69) is 15.2 Å². The van der Waals surface area contributed by atoms with E-state index in [-0.39, 0.29) is 12.4 Å². The van der Waals surface area contributed by atoms with Gasteiger partial charge in [0, 0.05) is 18.7 Å². The van der Waals surface area contributed by atoms with E-state index in [9.17, 15) is 9.59 Å². The number of amides is 1. The number of nitrogens with one attached hydrogen (secondary N) is 1. The second-order valence-corrected chi connectivity index (χ2v) is 8.20. The number of benzene rings is 2. The Bertz CT molecular complexity index is 988.